The summed E-state index contributed by atoms with van der Waals surface area (Å²) in [5.41, 5.74) is -0.143. The maximum Gasteiger partial charge on any atom is 0.265 e. The van der Waals surface area contributed by atoms with Gasteiger partial charge in [0.05, 0.1) is 5.56 Å². The quantitative estimate of drug-likeness (QED) is 0.594. The molecule has 18 heavy (non-hydrogen) atoms. The third kappa shape index (κ3) is 2.25. The number of imide groups is 1. The van der Waals surface area contributed by atoms with Gasteiger partial charge in [-0.05, 0) is 24.0 Å². The lowest BCUT2D eigenvalue weighted by Crippen LogP contribution is -2.33. The molecule has 5 heteroatoms. The monoisotopic (exact) mass is 250 g/mol. The van der Waals surface area contributed by atoms with Crippen molar-refractivity contribution in [2.24, 2.45) is 11.8 Å². The summed E-state index contributed by atoms with van der Waals surface area (Å²) in [5, 5.41) is 0. The zero-order chi connectivity index (χ0) is 13.3. The number of nitrogens with zero attached hydrogens (tertiary/aromatic N) is 2. The van der Waals surface area contributed by atoms with Crippen molar-refractivity contribution in [1.82, 2.24) is 9.88 Å². The highest BCUT2D eigenvalue weighted by Crippen LogP contribution is 2.26. The van der Waals surface area contributed by atoms with Gasteiger partial charge in [0, 0.05) is 19.2 Å². The van der Waals surface area contributed by atoms with Crippen molar-refractivity contribution in [1.29, 1.82) is 0 Å². The number of carbonyl (C=O) groups excluding carboxylic acids is 2. The van der Waals surface area contributed by atoms with Crippen molar-refractivity contribution >= 4 is 11.8 Å². The number of halogens is 1. The Morgan fingerprint density at radius 2 is 2.28 bits per heavy atom. The minimum atomic E-state index is -0.830. The average molecular weight is 250 g/mol. The Labute approximate surface area is 105 Å². The van der Waals surface area contributed by atoms with Gasteiger partial charge in [-0.1, -0.05) is 13.8 Å². The summed E-state index contributed by atoms with van der Waals surface area (Å²) in [6, 6.07) is 2.83. The number of hydrogen-bond donors (Lipinski definition) is 0. The first-order valence-corrected chi connectivity index (χ1v) is 5.96. The number of rotatable bonds is 2. The molecule has 1 fully saturated rings. The van der Waals surface area contributed by atoms with E-state index in [0.29, 0.717) is 18.9 Å². The minimum absolute atomic E-state index is 0.143. The highest BCUT2D eigenvalue weighted by molar-refractivity contribution is 6.05. The molecule has 96 valence electrons. The van der Waals surface area contributed by atoms with Gasteiger partial charge in [-0.3, -0.25) is 14.5 Å². The van der Waals surface area contributed by atoms with Gasteiger partial charge < -0.3 is 0 Å². The summed E-state index contributed by atoms with van der Waals surface area (Å²) in [5.74, 6) is -1.18. The number of amides is 2. The third-order valence-electron chi connectivity index (χ3n) is 3.33. The Morgan fingerprint density at radius 1 is 1.56 bits per heavy atom. The zero-order valence-electron chi connectivity index (χ0n) is 10.4. The molecule has 2 heterocycles. The normalized spacial score (nSPS) is 19.7. The molecular weight excluding hydrogens is 235 g/mol. The van der Waals surface area contributed by atoms with E-state index in [0.717, 1.165) is 4.90 Å². The minimum Gasteiger partial charge on any atom is -0.278 e. The van der Waals surface area contributed by atoms with Crippen LogP contribution in [0.5, 0.6) is 0 Å². The van der Waals surface area contributed by atoms with Crippen molar-refractivity contribution in [3.63, 3.8) is 0 Å². The summed E-state index contributed by atoms with van der Waals surface area (Å²) in [7, 11) is 0. The molecule has 1 atom stereocenters. The van der Waals surface area contributed by atoms with Gasteiger partial charge in [-0.25, -0.2) is 4.98 Å². The van der Waals surface area contributed by atoms with Crippen LogP contribution in [0.15, 0.2) is 18.3 Å². The van der Waals surface area contributed by atoms with Crippen LogP contribution < -0.4 is 0 Å². The Morgan fingerprint density at radius 3 is 2.83 bits per heavy atom. The van der Waals surface area contributed by atoms with E-state index in [2.05, 4.69) is 4.98 Å². The molecule has 1 saturated heterocycles. The van der Waals surface area contributed by atoms with Crippen molar-refractivity contribution in [2.75, 3.05) is 6.54 Å². The van der Waals surface area contributed by atoms with Crippen molar-refractivity contribution in [2.45, 2.75) is 20.3 Å². The second kappa shape index (κ2) is 4.84. The molecule has 1 aromatic heterocycles. The van der Waals surface area contributed by atoms with E-state index < -0.39 is 11.9 Å². The van der Waals surface area contributed by atoms with E-state index in [9.17, 15) is 14.0 Å². The first-order chi connectivity index (χ1) is 8.50. The number of pyridine rings is 1. The molecule has 4 nitrogen and oxygen atoms in total. The Hall–Kier alpha value is -1.78. The molecule has 1 aromatic rings. The van der Waals surface area contributed by atoms with Crippen LogP contribution in [-0.2, 0) is 4.79 Å². The van der Waals surface area contributed by atoms with Crippen LogP contribution in [0.4, 0.5) is 4.39 Å². The van der Waals surface area contributed by atoms with E-state index in [4.69, 9.17) is 0 Å². The number of aromatic nitrogens is 1. The van der Waals surface area contributed by atoms with Crippen LogP contribution in [0.1, 0.15) is 30.6 Å². The summed E-state index contributed by atoms with van der Waals surface area (Å²) >= 11 is 0. The molecule has 1 unspecified atom stereocenters. The van der Waals surface area contributed by atoms with E-state index in [1.165, 1.54) is 18.3 Å². The molecule has 2 rings (SSSR count). The standard InChI is InChI=1S/C13H15FN2O2/c1-8(2)9-6-11(17)16(7-9)13(18)10-4-3-5-15-12(10)14/h3-5,8-9H,6-7H2,1-2H3. The van der Waals surface area contributed by atoms with Crippen LogP contribution >= 0.6 is 0 Å². The van der Waals surface area contributed by atoms with Crippen LogP contribution in [-0.4, -0.2) is 28.2 Å². The fourth-order valence-electron chi connectivity index (χ4n) is 2.07. The topological polar surface area (TPSA) is 50.3 Å². The van der Waals surface area contributed by atoms with Crippen LogP contribution in [0.25, 0.3) is 0 Å². The Bertz CT molecular complexity index is 488. The second-order valence-electron chi connectivity index (χ2n) is 4.86. The molecule has 0 spiro atoms. The first kappa shape index (κ1) is 12.7. The number of carbonyl (C=O) groups is 2. The largest absolute Gasteiger partial charge is 0.278 e. The number of hydrogen-bond acceptors (Lipinski definition) is 3. The molecule has 0 aromatic carbocycles. The van der Waals surface area contributed by atoms with Gasteiger partial charge in [0.15, 0.2) is 0 Å². The fourth-order valence-corrected chi connectivity index (χ4v) is 2.07. The van der Waals surface area contributed by atoms with Crippen LogP contribution in [0.2, 0.25) is 0 Å². The van der Waals surface area contributed by atoms with Crippen molar-refractivity contribution in [3.8, 4) is 0 Å². The summed E-state index contributed by atoms with van der Waals surface area (Å²) in [6.45, 7) is 4.39. The van der Waals surface area contributed by atoms with E-state index in [1.54, 1.807) is 0 Å². The Balaban J connectivity index is 2.21. The number of likely N-dealkylation sites (tertiary alicyclic amines) is 1. The molecule has 0 saturated carbocycles. The molecule has 0 bridgehead atoms. The molecular formula is C13H15FN2O2. The van der Waals surface area contributed by atoms with Gasteiger partial charge in [0.2, 0.25) is 11.9 Å². The zero-order valence-corrected chi connectivity index (χ0v) is 10.4. The van der Waals surface area contributed by atoms with E-state index >= 15 is 0 Å². The highest BCUT2D eigenvalue weighted by Gasteiger charge is 2.36. The van der Waals surface area contributed by atoms with Gasteiger partial charge in [-0.2, -0.15) is 4.39 Å². The summed E-state index contributed by atoms with van der Waals surface area (Å²) in [4.78, 5) is 28.4. The maximum absolute atomic E-state index is 13.4. The molecule has 0 radical (unpaired) electrons. The molecule has 0 aliphatic carbocycles. The van der Waals surface area contributed by atoms with Gasteiger partial charge in [0.1, 0.15) is 0 Å². The first-order valence-electron chi connectivity index (χ1n) is 5.96. The second-order valence-corrected chi connectivity index (χ2v) is 4.86. The van der Waals surface area contributed by atoms with E-state index in [-0.39, 0.29) is 17.4 Å². The smallest absolute Gasteiger partial charge is 0.265 e. The van der Waals surface area contributed by atoms with Crippen LogP contribution in [0.3, 0.4) is 0 Å². The summed E-state index contributed by atoms with van der Waals surface area (Å²) in [6.07, 6.45) is 1.63. The van der Waals surface area contributed by atoms with Gasteiger partial charge >= 0.3 is 0 Å². The molecule has 1 aliphatic rings. The van der Waals surface area contributed by atoms with Gasteiger partial charge in [-0.15, -0.1) is 0 Å². The SMILES string of the molecule is CC(C)C1CC(=O)N(C(=O)c2cccnc2F)C1. The molecule has 1 aliphatic heterocycles. The lowest BCUT2D eigenvalue weighted by Gasteiger charge is -2.16. The predicted molar refractivity (Wildman–Crippen MR) is 63.2 cm³/mol. The van der Waals surface area contributed by atoms with Crippen molar-refractivity contribution in [3.05, 3.63) is 29.8 Å². The molecule has 2 amide bonds. The van der Waals surface area contributed by atoms with Gasteiger partial charge in [0.25, 0.3) is 5.91 Å². The van der Waals surface area contributed by atoms with E-state index in [1.807, 2.05) is 13.8 Å². The third-order valence-corrected chi connectivity index (χ3v) is 3.33. The van der Waals surface area contributed by atoms with Crippen molar-refractivity contribution < 1.29 is 14.0 Å². The highest BCUT2D eigenvalue weighted by atomic mass is 19.1. The predicted octanol–water partition coefficient (Wildman–Crippen LogP) is 1.87. The lowest BCUT2D eigenvalue weighted by atomic mass is 9.95. The van der Waals surface area contributed by atoms with Crippen LogP contribution in [0, 0.1) is 17.8 Å². The average Bonchev–Trinajstić information content (AvgIpc) is 2.71. The molecule has 0 N–H and O–H groups in total. The lowest BCUT2D eigenvalue weighted by molar-refractivity contribution is -0.125. The summed E-state index contributed by atoms with van der Waals surface area (Å²) < 4.78 is 13.4. The fraction of sp³-hybridized carbons (Fsp3) is 0.462. The maximum atomic E-state index is 13.4. The Kier molecular flexibility index (Phi) is 3.41.